The van der Waals surface area contributed by atoms with E-state index in [2.05, 4.69) is 24.4 Å². The van der Waals surface area contributed by atoms with E-state index in [1.165, 1.54) is 11.1 Å². The first kappa shape index (κ1) is 15.6. The van der Waals surface area contributed by atoms with E-state index in [0.717, 1.165) is 4.90 Å². The summed E-state index contributed by atoms with van der Waals surface area (Å²) in [6.07, 6.45) is 0. The number of hydrogen-bond acceptors (Lipinski definition) is 2. The third-order valence-corrected chi connectivity index (χ3v) is 4.55. The van der Waals surface area contributed by atoms with E-state index in [0.29, 0.717) is 0 Å². The van der Waals surface area contributed by atoms with Gasteiger partial charge in [-0.25, -0.2) is 0 Å². The van der Waals surface area contributed by atoms with Crippen LogP contribution in [0, 0.1) is 6.92 Å². The van der Waals surface area contributed by atoms with Crippen molar-refractivity contribution in [2.24, 2.45) is 0 Å². The fourth-order valence-electron chi connectivity index (χ4n) is 2.24. The predicted octanol–water partition coefficient (Wildman–Crippen LogP) is 4.35. The molecule has 0 aliphatic carbocycles. The summed E-state index contributed by atoms with van der Waals surface area (Å²) in [7, 11) is 0. The number of aryl methyl sites for hydroxylation is 1. The van der Waals surface area contributed by atoms with E-state index in [9.17, 15) is 4.79 Å². The van der Waals surface area contributed by atoms with Crippen LogP contribution in [-0.4, -0.2) is 11.2 Å². The molecule has 0 fully saturated rings. The molecule has 0 bridgehead atoms. The van der Waals surface area contributed by atoms with Gasteiger partial charge in [0.25, 0.3) is 0 Å². The van der Waals surface area contributed by atoms with Crippen molar-refractivity contribution in [3.63, 3.8) is 0 Å². The number of nitrogens with one attached hydrogen (secondary N) is 1. The summed E-state index contributed by atoms with van der Waals surface area (Å²) < 4.78 is 0. The predicted molar refractivity (Wildman–Crippen MR) is 89.5 cm³/mol. The lowest BCUT2D eigenvalue weighted by atomic mass is 10.0. The zero-order chi connectivity index (χ0) is 15.2. The summed E-state index contributed by atoms with van der Waals surface area (Å²) in [5, 5.41) is 2.99. The number of hydrogen-bond donors (Lipinski definition) is 1. The van der Waals surface area contributed by atoms with Gasteiger partial charge in [0, 0.05) is 4.90 Å². The van der Waals surface area contributed by atoms with Crippen LogP contribution < -0.4 is 5.32 Å². The molecule has 0 aliphatic rings. The highest BCUT2D eigenvalue weighted by molar-refractivity contribution is 8.00. The van der Waals surface area contributed by atoms with Crippen molar-refractivity contribution in [2.45, 2.75) is 37.0 Å². The van der Waals surface area contributed by atoms with Crippen molar-refractivity contribution in [3.05, 3.63) is 65.7 Å². The molecular formula is C18H21NOS. The summed E-state index contributed by atoms with van der Waals surface area (Å²) >= 11 is 1.58. The van der Waals surface area contributed by atoms with Crippen LogP contribution in [-0.2, 0) is 4.79 Å². The van der Waals surface area contributed by atoms with Gasteiger partial charge in [0.2, 0.25) is 5.91 Å². The second-order valence-corrected chi connectivity index (χ2v) is 6.57. The quantitative estimate of drug-likeness (QED) is 0.831. The number of amides is 1. The molecule has 0 saturated carbocycles. The Morgan fingerprint density at radius 3 is 2.29 bits per heavy atom. The summed E-state index contributed by atoms with van der Waals surface area (Å²) in [5.41, 5.74) is 2.37. The van der Waals surface area contributed by atoms with Crippen molar-refractivity contribution in [1.29, 1.82) is 0 Å². The van der Waals surface area contributed by atoms with Crippen molar-refractivity contribution in [3.8, 4) is 0 Å². The van der Waals surface area contributed by atoms with Gasteiger partial charge in [-0.05, 0) is 44.0 Å². The smallest absolute Gasteiger partial charge is 0.233 e. The average Bonchev–Trinajstić information content (AvgIpc) is 2.48. The van der Waals surface area contributed by atoms with Gasteiger partial charge in [0.1, 0.15) is 0 Å². The minimum absolute atomic E-state index is 0.0255. The lowest BCUT2D eigenvalue weighted by molar-refractivity contribution is -0.120. The Morgan fingerprint density at radius 1 is 1.00 bits per heavy atom. The second-order valence-electron chi connectivity index (χ2n) is 5.16. The fourth-order valence-corrected chi connectivity index (χ4v) is 3.14. The SMILES string of the molecule is Cc1ccccc1C(C)NC(=O)C(C)Sc1ccccc1. The van der Waals surface area contributed by atoms with Crippen LogP contribution in [0.5, 0.6) is 0 Å². The monoisotopic (exact) mass is 299 g/mol. The summed E-state index contributed by atoms with van der Waals surface area (Å²) in [6.45, 7) is 6.04. The molecule has 0 aliphatic heterocycles. The standard InChI is InChI=1S/C18H21NOS/c1-13-9-7-8-12-17(13)14(2)19-18(20)15(3)21-16-10-5-4-6-11-16/h4-12,14-15H,1-3H3,(H,19,20). The van der Waals surface area contributed by atoms with Crippen molar-refractivity contribution in [2.75, 3.05) is 0 Å². The fraction of sp³-hybridized carbons (Fsp3) is 0.278. The van der Waals surface area contributed by atoms with E-state index >= 15 is 0 Å². The largest absolute Gasteiger partial charge is 0.349 e. The van der Waals surface area contributed by atoms with E-state index in [4.69, 9.17) is 0 Å². The van der Waals surface area contributed by atoms with E-state index in [1.54, 1.807) is 11.8 Å². The normalized spacial score (nSPS) is 13.5. The molecule has 0 radical (unpaired) electrons. The highest BCUT2D eigenvalue weighted by Crippen LogP contribution is 2.24. The number of rotatable bonds is 5. The second kappa shape index (κ2) is 7.32. The van der Waals surface area contributed by atoms with E-state index < -0.39 is 0 Å². The highest BCUT2D eigenvalue weighted by atomic mass is 32.2. The average molecular weight is 299 g/mol. The Balaban J connectivity index is 1.96. The van der Waals surface area contributed by atoms with Crippen LogP contribution in [0.15, 0.2) is 59.5 Å². The first-order valence-corrected chi connectivity index (χ1v) is 8.03. The minimum atomic E-state index is -0.112. The minimum Gasteiger partial charge on any atom is -0.349 e. The van der Waals surface area contributed by atoms with Gasteiger partial charge in [0.15, 0.2) is 0 Å². The summed E-state index contributed by atoms with van der Waals surface area (Å²) in [5.74, 6) is 0.0691. The Hall–Kier alpha value is -1.74. The summed E-state index contributed by atoms with van der Waals surface area (Å²) in [6, 6.07) is 18.2. The van der Waals surface area contributed by atoms with Gasteiger partial charge >= 0.3 is 0 Å². The summed E-state index contributed by atoms with van der Waals surface area (Å²) in [4.78, 5) is 13.4. The molecular weight excluding hydrogens is 278 g/mol. The number of benzene rings is 2. The van der Waals surface area contributed by atoms with Gasteiger partial charge < -0.3 is 5.32 Å². The number of thioether (sulfide) groups is 1. The molecule has 0 saturated heterocycles. The maximum atomic E-state index is 12.3. The van der Waals surface area contributed by atoms with Crippen molar-refractivity contribution >= 4 is 17.7 Å². The maximum Gasteiger partial charge on any atom is 0.233 e. The zero-order valence-electron chi connectivity index (χ0n) is 12.7. The molecule has 0 spiro atoms. The molecule has 1 amide bonds. The van der Waals surface area contributed by atoms with Gasteiger partial charge in [-0.15, -0.1) is 11.8 Å². The molecule has 2 unspecified atom stereocenters. The molecule has 110 valence electrons. The third kappa shape index (κ3) is 4.36. The molecule has 2 aromatic rings. The molecule has 0 heterocycles. The van der Waals surface area contributed by atoms with Crippen LogP contribution in [0.25, 0.3) is 0 Å². The lowest BCUT2D eigenvalue weighted by Crippen LogP contribution is -2.33. The molecule has 3 heteroatoms. The number of carbonyl (C=O) groups is 1. The Labute approximate surface area is 131 Å². The van der Waals surface area contributed by atoms with Crippen molar-refractivity contribution in [1.82, 2.24) is 5.32 Å². The van der Waals surface area contributed by atoms with Gasteiger partial charge in [-0.2, -0.15) is 0 Å². The van der Waals surface area contributed by atoms with Gasteiger partial charge in [-0.3, -0.25) is 4.79 Å². The van der Waals surface area contributed by atoms with Crippen molar-refractivity contribution < 1.29 is 4.79 Å². The molecule has 1 N–H and O–H groups in total. The van der Waals surface area contributed by atoms with Gasteiger partial charge in [-0.1, -0.05) is 42.5 Å². The van der Waals surface area contributed by atoms with Crippen LogP contribution >= 0.6 is 11.8 Å². The molecule has 2 nitrogen and oxygen atoms in total. The highest BCUT2D eigenvalue weighted by Gasteiger charge is 2.17. The number of carbonyl (C=O) groups excluding carboxylic acids is 1. The van der Waals surface area contributed by atoms with E-state index in [-0.39, 0.29) is 17.2 Å². The van der Waals surface area contributed by atoms with Crippen LogP contribution in [0.4, 0.5) is 0 Å². The Bertz CT molecular complexity index is 597. The lowest BCUT2D eigenvalue weighted by Gasteiger charge is -2.19. The van der Waals surface area contributed by atoms with Crippen LogP contribution in [0.2, 0.25) is 0 Å². The van der Waals surface area contributed by atoms with E-state index in [1.807, 2.05) is 56.3 Å². The van der Waals surface area contributed by atoms with Crippen LogP contribution in [0.1, 0.15) is 31.0 Å². The zero-order valence-corrected chi connectivity index (χ0v) is 13.5. The topological polar surface area (TPSA) is 29.1 Å². The third-order valence-electron chi connectivity index (χ3n) is 3.44. The maximum absolute atomic E-state index is 12.3. The molecule has 2 atom stereocenters. The Kier molecular flexibility index (Phi) is 5.45. The first-order chi connectivity index (χ1) is 10.1. The first-order valence-electron chi connectivity index (χ1n) is 7.15. The molecule has 0 aromatic heterocycles. The molecule has 2 rings (SSSR count). The molecule has 21 heavy (non-hydrogen) atoms. The Morgan fingerprint density at radius 2 is 1.62 bits per heavy atom. The van der Waals surface area contributed by atoms with Crippen LogP contribution in [0.3, 0.4) is 0 Å². The molecule has 2 aromatic carbocycles. The van der Waals surface area contributed by atoms with Gasteiger partial charge in [0.05, 0.1) is 11.3 Å².